The van der Waals surface area contributed by atoms with Crippen molar-refractivity contribution in [2.24, 2.45) is 0 Å². The van der Waals surface area contributed by atoms with Gasteiger partial charge in [0.1, 0.15) is 11.3 Å². The number of hydrogen-bond donors (Lipinski definition) is 1. The summed E-state index contributed by atoms with van der Waals surface area (Å²) in [5.41, 5.74) is 8.43. The second-order valence-electron chi connectivity index (χ2n) is 9.07. The van der Waals surface area contributed by atoms with Crippen molar-refractivity contribution < 1.29 is 9.90 Å². The van der Waals surface area contributed by atoms with Gasteiger partial charge in [-0.05, 0) is 55.7 Å². The molecule has 36 heavy (non-hydrogen) atoms. The Bertz CT molecular complexity index is 1600. The third kappa shape index (κ3) is 4.35. The number of carboxylic acids is 1. The van der Waals surface area contributed by atoms with Gasteiger partial charge in [-0.3, -0.25) is 0 Å². The fraction of sp³-hybridized carbons (Fsp3) is 0.207. The maximum absolute atomic E-state index is 12.0. The Morgan fingerprint density at radius 2 is 1.69 bits per heavy atom. The van der Waals surface area contributed by atoms with E-state index < -0.39 is 5.97 Å². The summed E-state index contributed by atoms with van der Waals surface area (Å²) in [6, 6.07) is 15.4. The van der Waals surface area contributed by atoms with Crippen LogP contribution in [0, 0.1) is 20.8 Å². The number of carboxylic acid groups (broad SMARTS) is 1. The van der Waals surface area contributed by atoms with E-state index in [0.29, 0.717) is 17.9 Å². The van der Waals surface area contributed by atoms with E-state index in [2.05, 4.69) is 34.4 Å². The van der Waals surface area contributed by atoms with Crippen LogP contribution in [-0.2, 0) is 13.0 Å². The van der Waals surface area contributed by atoms with Crippen LogP contribution in [0.25, 0.3) is 33.7 Å². The molecule has 0 bridgehead atoms. The predicted molar refractivity (Wildman–Crippen MR) is 140 cm³/mol. The Kier molecular flexibility index (Phi) is 6.06. The minimum Gasteiger partial charge on any atom is -0.478 e. The van der Waals surface area contributed by atoms with Crippen molar-refractivity contribution >= 4 is 17.1 Å². The van der Waals surface area contributed by atoms with Crippen molar-refractivity contribution in [1.82, 2.24) is 24.5 Å². The number of fused-ring (bicyclic) bond motifs is 1. The van der Waals surface area contributed by atoms with E-state index in [-0.39, 0.29) is 5.56 Å². The summed E-state index contributed by atoms with van der Waals surface area (Å²) in [5.74, 6) is 0.318. The normalized spacial score (nSPS) is 11.2. The molecule has 0 saturated carbocycles. The van der Waals surface area contributed by atoms with Gasteiger partial charge in [-0.25, -0.2) is 24.7 Å². The van der Waals surface area contributed by atoms with Gasteiger partial charge in [-0.15, -0.1) is 0 Å². The SMILES string of the molecule is CCc1nc2c(C)cc(C)nc2n1Cc1cnc(-c2cc(-c3cccc(C)c3)ccc2C(=O)O)nc1. The van der Waals surface area contributed by atoms with Crippen molar-refractivity contribution in [3.8, 4) is 22.5 Å². The van der Waals surface area contributed by atoms with Crippen molar-refractivity contribution in [2.45, 2.75) is 40.7 Å². The molecule has 180 valence electrons. The summed E-state index contributed by atoms with van der Waals surface area (Å²) in [6.45, 7) is 8.68. The van der Waals surface area contributed by atoms with Crippen LogP contribution in [0.3, 0.4) is 0 Å². The van der Waals surface area contributed by atoms with E-state index >= 15 is 0 Å². The van der Waals surface area contributed by atoms with Crippen molar-refractivity contribution in [3.63, 3.8) is 0 Å². The summed E-state index contributed by atoms with van der Waals surface area (Å²) >= 11 is 0. The number of aryl methyl sites for hydroxylation is 4. The number of imidazole rings is 1. The fourth-order valence-electron chi connectivity index (χ4n) is 4.56. The maximum atomic E-state index is 12.0. The van der Waals surface area contributed by atoms with Gasteiger partial charge in [0, 0.05) is 35.6 Å². The lowest BCUT2D eigenvalue weighted by molar-refractivity contribution is 0.0697. The highest BCUT2D eigenvalue weighted by molar-refractivity contribution is 5.96. The van der Waals surface area contributed by atoms with Crippen LogP contribution in [0.15, 0.2) is 60.9 Å². The molecule has 1 N–H and O–H groups in total. The van der Waals surface area contributed by atoms with Crippen LogP contribution in [-0.4, -0.2) is 35.6 Å². The molecular formula is C29H27N5O2. The molecule has 0 saturated heterocycles. The number of pyridine rings is 1. The Hall–Kier alpha value is -4.39. The minimum absolute atomic E-state index is 0.170. The van der Waals surface area contributed by atoms with Crippen LogP contribution >= 0.6 is 0 Å². The number of benzene rings is 2. The van der Waals surface area contributed by atoms with Gasteiger partial charge in [-0.1, -0.05) is 42.8 Å². The molecule has 3 aromatic heterocycles. The smallest absolute Gasteiger partial charge is 0.336 e. The molecule has 0 aliphatic rings. The molecular weight excluding hydrogens is 450 g/mol. The van der Waals surface area contributed by atoms with Gasteiger partial charge in [0.15, 0.2) is 11.5 Å². The lowest BCUT2D eigenvalue weighted by atomic mass is 9.97. The lowest BCUT2D eigenvalue weighted by Gasteiger charge is -2.11. The summed E-state index contributed by atoms with van der Waals surface area (Å²) in [5, 5.41) is 9.79. The quantitative estimate of drug-likeness (QED) is 0.333. The first-order valence-electron chi connectivity index (χ1n) is 11.9. The third-order valence-electron chi connectivity index (χ3n) is 6.31. The van der Waals surface area contributed by atoms with Crippen molar-refractivity contribution in [3.05, 3.63) is 94.7 Å². The second-order valence-corrected chi connectivity index (χ2v) is 9.07. The van der Waals surface area contributed by atoms with Crippen molar-refractivity contribution in [2.75, 3.05) is 0 Å². The largest absolute Gasteiger partial charge is 0.478 e. The van der Waals surface area contributed by atoms with Crippen LogP contribution in [0.1, 0.15) is 45.5 Å². The standard InChI is InChI=1S/C29H27N5O2/c1-5-25-33-26-18(3)12-19(4)32-28(26)34(25)16-20-14-30-27(31-15-20)24-13-22(9-10-23(24)29(35)36)21-8-6-7-17(2)11-21/h6-15H,5,16H2,1-4H3,(H,35,36). The number of carbonyl (C=O) groups is 1. The molecule has 2 aromatic carbocycles. The first kappa shape index (κ1) is 23.4. The van der Waals surface area contributed by atoms with E-state index in [4.69, 9.17) is 9.97 Å². The third-order valence-corrected chi connectivity index (χ3v) is 6.31. The van der Waals surface area contributed by atoms with Gasteiger partial charge in [-0.2, -0.15) is 0 Å². The Morgan fingerprint density at radius 3 is 2.39 bits per heavy atom. The maximum Gasteiger partial charge on any atom is 0.336 e. The molecule has 7 nitrogen and oxygen atoms in total. The van der Waals surface area contributed by atoms with Crippen LogP contribution in [0.2, 0.25) is 0 Å². The average Bonchev–Trinajstić information content (AvgIpc) is 3.21. The molecule has 5 aromatic rings. The van der Waals surface area contributed by atoms with Gasteiger partial charge in [0.05, 0.1) is 12.1 Å². The molecule has 0 atom stereocenters. The molecule has 0 radical (unpaired) electrons. The highest BCUT2D eigenvalue weighted by Gasteiger charge is 2.17. The molecule has 0 fully saturated rings. The van der Waals surface area contributed by atoms with E-state index in [1.807, 2.05) is 50.2 Å². The first-order valence-corrected chi connectivity index (χ1v) is 11.9. The topological polar surface area (TPSA) is 93.8 Å². The molecule has 3 heterocycles. The number of hydrogen-bond acceptors (Lipinski definition) is 5. The minimum atomic E-state index is -1.01. The highest BCUT2D eigenvalue weighted by atomic mass is 16.4. The molecule has 0 amide bonds. The summed E-state index contributed by atoms with van der Waals surface area (Å²) < 4.78 is 2.11. The van der Waals surface area contributed by atoms with Crippen LogP contribution < -0.4 is 0 Å². The summed E-state index contributed by atoms with van der Waals surface area (Å²) in [7, 11) is 0. The molecule has 0 unspecified atom stereocenters. The highest BCUT2D eigenvalue weighted by Crippen LogP contribution is 2.29. The van der Waals surface area contributed by atoms with Crippen LogP contribution in [0.5, 0.6) is 0 Å². The van der Waals surface area contributed by atoms with E-state index in [9.17, 15) is 9.90 Å². The van der Waals surface area contributed by atoms with E-state index in [1.165, 1.54) is 0 Å². The zero-order valence-corrected chi connectivity index (χ0v) is 20.8. The van der Waals surface area contributed by atoms with Gasteiger partial charge in [0.2, 0.25) is 0 Å². The molecule has 7 heteroatoms. The Labute approximate surface area is 209 Å². The number of rotatable bonds is 6. The fourth-order valence-corrected chi connectivity index (χ4v) is 4.56. The number of nitrogens with zero attached hydrogens (tertiary/aromatic N) is 5. The first-order chi connectivity index (χ1) is 17.3. The Morgan fingerprint density at radius 1 is 0.944 bits per heavy atom. The van der Waals surface area contributed by atoms with Gasteiger partial charge in [0.25, 0.3) is 0 Å². The van der Waals surface area contributed by atoms with Gasteiger partial charge >= 0.3 is 5.97 Å². The molecule has 0 aliphatic heterocycles. The molecule has 5 rings (SSSR count). The molecule has 0 spiro atoms. The van der Waals surface area contributed by atoms with Crippen molar-refractivity contribution in [1.29, 1.82) is 0 Å². The van der Waals surface area contributed by atoms with Crippen LogP contribution in [0.4, 0.5) is 0 Å². The molecule has 0 aliphatic carbocycles. The van der Waals surface area contributed by atoms with Gasteiger partial charge < -0.3 is 9.67 Å². The Balaban J connectivity index is 1.52. The average molecular weight is 478 g/mol. The summed E-state index contributed by atoms with van der Waals surface area (Å²) in [6.07, 6.45) is 4.28. The number of aromatic nitrogens is 5. The second kappa shape index (κ2) is 9.34. The zero-order chi connectivity index (χ0) is 25.4. The predicted octanol–water partition coefficient (Wildman–Crippen LogP) is 5.79. The van der Waals surface area contributed by atoms with E-state index in [1.54, 1.807) is 18.5 Å². The van der Waals surface area contributed by atoms with E-state index in [0.717, 1.165) is 56.9 Å². The number of aromatic carboxylic acids is 1. The zero-order valence-electron chi connectivity index (χ0n) is 20.8. The summed E-state index contributed by atoms with van der Waals surface area (Å²) in [4.78, 5) is 30.6. The lowest BCUT2D eigenvalue weighted by Crippen LogP contribution is -2.07. The monoisotopic (exact) mass is 477 g/mol.